The average Bonchev–Trinajstić information content (AvgIpc) is 3.47. The molecule has 1 aromatic heterocycles. The van der Waals surface area contributed by atoms with Crippen molar-refractivity contribution in [3.63, 3.8) is 0 Å². The Kier molecular flexibility index (Phi) is 6.23. The van der Waals surface area contributed by atoms with Crippen LogP contribution in [0.15, 0.2) is 60.2 Å². The van der Waals surface area contributed by atoms with Crippen molar-refractivity contribution in [1.82, 2.24) is 4.98 Å². The van der Waals surface area contributed by atoms with Crippen molar-refractivity contribution >= 4 is 44.1 Å². The maximum Gasteiger partial charge on any atom is 0.301 e. The lowest BCUT2D eigenvalue weighted by Gasteiger charge is -2.23. The van der Waals surface area contributed by atoms with Crippen LogP contribution in [0, 0.1) is 13.8 Å². The first-order valence-corrected chi connectivity index (χ1v) is 13.5. The van der Waals surface area contributed by atoms with Gasteiger partial charge in [-0.2, -0.15) is 0 Å². The van der Waals surface area contributed by atoms with Gasteiger partial charge in [0.15, 0.2) is 16.6 Å². The molecule has 2 aliphatic heterocycles. The van der Waals surface area contributed by atoms with Gasteiger partial charge < -0.3 is 19.3 Å². The largest absolute Gasteiger partial charge is 0.507 e. The van der Waals surface area contributed by atoms with Crippen LogP contribution < -0.4 is 19.1 Å². The number of carbonyl (C=O) groups is 2. The molecule has 9 heteroatoms. The van der Waals surface area contributed by atoms with Gasteiger partial charge in [0, 0.05) is 5.56 Å². The number of fused-ring (bicyclic) bond motifs is 2. The normalized spacial score (nSPS) is 18.1. The number of aliphatic hydroxyl groups excluding tert-OH is 1. The fourth-order valence-corrected chi connectivity index (χ4v) is 6.26. The first-order chi connectivity index (χ1) is 18.9. The molecule has 1 fully saturated rings. The lowest BCUT2D eigenvalue weighted by Crippen LogP contribution is -2.29. The van der Waals surface area contributed by atoms with E-state index < -0.39 is 17.7 Å². The molecule has 1 amide bonds. The van der Waals surface area contributed by atoms with E-state index in [9.17, 15) is 14.7 Å². The molecule has 1 N–H and O–H groups in total. The molecular formula is C30H26N2O6S. The summed E-state index contributed by atoms with van der Waals surface area (Å²) in [5.41, 5.74) is 3.77. The van der Waals surface area contributed by atoms with E-state index in [0.717, 1.165) is 21.3 Å². The van der Waals surface area contributed by atoms with Crippen molar-refractivity contribution in [2.45, 2.75) is 26.8 Å². The second kappa shape index (κ2) is 9.74. The Morgan fingerprint density at radius 3 is 2.67 bits per heavy atom. The Labute approximate surface area is 229 Å². The molecule has 198 valence electrons. The van der Waals surface area contributed by atoms with Crippen molar-refractivity contribution in [1.29, 1.82) is 0 Å². The monoisotopic (exact) mass is 542 g/mol. The van der Waals surface area contributed by atoms with E-state index in [2.05, 4.69) is 0 Å². The molecule has 4 aromatic rings. The van der Waals surface area contributed by atoms with Crippen LogP contribution in [0.2, 0.25) is 0 Å². The first kappa shape index (κ1) is 24.9. The Morgan fingerprint density at radius 1 is 1.08 bits per heavy atom. The lowest BCUT2D eigenvalue weighted by atomic mass is 9.95. The average molecular weight is 543 g/mol. The number of ether oxygens (including phenoxy) is 3. The number of aryl methyl sites for hydroxylation is 2. The number of Topliss-reactive ketones (excluding diaryl/α,β-unsaturated/α-hetero) is 1. The zero-order valence-corrected chi connectivity index (χ0v) is 22.5. The van der Waals surface area contributed by atoms with E-state index in [1.165, 1.54) is 16.2 Å². The number of amides is 1. The zero-order chi connectivity index (χ0) is 27.3. The van der Waals surface area contributed by atoms with Gasteiger partial charge in [-0.05, 0) is 73.9 Å². The molecule has 1 saturated heterocycles. The van der Waals surface area contributed by atoms with E-state index in [-0.39, 0.29) is 11.3 Å². The third-order valence-corrected chi connectivity index (χ3v) is 7.77. The Hall–Kier alpha value is -4.37. The summed E-state index contributed by atoms with van der Waals surface area (Å²) in [7, 11) is 0. The summed E-state index contributed by atoms with van der Waals surface area (Å²) in [4.78, 5) is 33.4. The Balaban J connectivity index is 1.55. The van der Waals surface area contributed by atoms with E-state index >= 15 is 0 Å². The van der Waals surface area contributed by atoms with Crippen molar-refractivity contribution in [2.75, 3.05) is 24.7 Å². The highest BCUT2D eigenvalue weighted by atomic mass is 32.1. The van der Waals surface area contributed by atoms with Crippen LogP contribution in [0.1, 0.15) is 35.2 Å². The van der Waals surface area contributed by atoms with Crippen LogP contribution in [0.25, 0.3) is 16.0 Å². The molecule has 3 aromatic carbocycles. The van der Waals surface area contributed by atoms with Gasteiger partial charge in [-0.3, -0.25) is 14.5 Å². The third-order valence-electron chi connectivity index (χ3n) is 6.77. The van der Waals surface area contributed by atoms with Crippen LogP contribution in [-0.4, -0.2) is 41.6 Å². The Bertz CT molecular complexity index is 1670. The number of nitrogens with zero attached hydrogens (tertiary/aromatic N) is 2. The van der Waals surface area contributed by atoms with Crippen LogP contribution in [0.3, 0.4) is 0 Å². The van der Waals surface area contributed by atoms with E-state index in [4.69, 9.17) is 19.2 Å². The van der Waals surface area contributed by atoms with Gasteiger partial charge in [0.2, 0.25) is 0 Å². The molecule has 3 heterocycles. The standard InChI is InChI=1S/C30H26N2O6S/c1-4-36-20-7-5-6-18(14-20)26-24(27(33)19-8-9-21-22(15-19)38-11-10-37-21)28(34)29(35)32(26)30-31-25-17(3)12-16(2)13-23(25)39-30/h5-9,12-15,26,33H,4,10-11H2,1-3H3/b27-24-. The molecule has 0 bridgehead atoms. The summed E-state index contributed by atoms with van der Waals surface area (Å²) in [6.07, 6.45) is 0. The Morgan fingerprint density at radius 2 is 1.87 bits per heavy atom. The molecule has 0 saturated carbocycles. The molecule has 2 aliphatic rings. The van der Waals surface area contributed by atoms with Gasteiger partial charge >= 0.3 is 5.91 Å². The second-order valence-electron chi connectivity index (χ2n) is 9.46. The zero-order valence-electron chi connectivity index (χ0n) is 21.7. The summed E-state index contributed by atoms with van der Waals surface area (Å²) in [5, 5.41) is 11.9. The van der Waals surface area contributed by atoms with Gasteiger partial charge in [0.25, 0.3) is 5.78 Å². The summed E-state index contributed by atoms with van der Waals surface area (Å²) in [6, 6.07) is 15.3. The van der Waals surface area contributed by atoms with Crippen LogP contribution in [-0.2, 0) is 9.59 Å². The van der Waals surface area contributed by atoms with Gasteiger partial charge in [0.05, 0.1) is 28.4 Å². The first-order valence-electron chi connectivity index (χ1n) is 12.7. The minimum atomic E-state index is -0.916. The number of hydrogen-bond donors (Lipinski definition) is 1. The highest BCUT2D eigenvalue weighted by Gasteiger charge is 2.48. The lowest BCUT2D eigenvalue weighted by molar-refractivity contribution is -0.132. The smallest absolute Gasteiger partial charge is 0.301 e. The number of ketones is 1. The molecule has 0 aliphatic carbocycles. The summed E-state index contributed by atoms with van der Waals surface area (Å²) < 4.78 is 17.9. The quantitative estimate of drug-likeness (QED) is 0.196. The number of thiazole rings is 1. The maximum atomic E-state index is 13.6. The second-order valence-corrected chi connectivity index (χ2v) is 10.5. The van der Waals surface area contributed by atoms with Gasteiger partial charge in [-0.25, -0.2) is 4.98 Å². The van der Waals surface area contributed by atoms with Crippen molar-refractivity contribution in [3.8, 4) is 17.2 Å². The molecule has 0 radical (unpaired) electrons. The number of aromatic nitrogens is 1. The van der Waals surface area contributed by atoms with E-state index in [1.807, 2.05) is 45.0 Å². The molecule has 1 unspecified atom stereocenters. The third kappa shape index (κ3) is 4.28. The molecule has 1 atom stereocenters. The SMILES string of the molecule is CCOc1cccc(C2/C(=C(/O)c3ccc4c(c3)OCCO4)C(=O)C(=O)N2c2nc3c(C)cc(C)cc3s2)c1. The van der Waals surface area contributed by atoms with E-state index in [1.54, 1.807) is 30.3 Å². The number of carbonyl (C=O) groups excluding carboxylic acids is 2. The summed E-state index contributed by atoms with van der Waals surface area (Å²) in [6.45, 7) is 7.12. The van der Waals surface area contributed by atoms with Crippen molar-refractivity contribution in [3.05, 3.63) is 82.4 Å². The molecule has 39 heavy (non-hydrogen) atoms. The van der Waals surface area contributed by atoms with Crippen LogP contribution in [0.5, 0.6) is 17.2 Å². The minimum Gasteiger partial charge on any atom is -0.507 e. The topological polar surface area (TPSA) is 98.2 Å². The molecular weight excluding hydrogens is 516 g/mol. The summed E-state index contributed by atoms with van der Waals surface area (Å²) >= 11 is 1.34. The number of benzene rings is 3. The van der Waals surface area contributed by atoms with Crippen LogP contribution in [0.4, 0.5) is 5.13 Å². The van der Waals surface area contributed by atoms with Gasteiger partial charge in [-0.15, -0.1) is 0 Å². The minimum absolute atomic E-state index is 0.0301. The predicted molar refractivity (Wildman–Crippen MR) is 149 cm³/mol. The van der Waals surface area contributed by atoms with Gasteiger partial charge in [-0.1, -0.05) is 29.5 Å². The highest BCUT2D eigenvalue weighted by molar-refractivity contribution is 7.22. The fraction of sp³-hybridized carbons (Fsp3) is 0.233. The van der Waals surface area contributed by atoms with Crippen LogP contribution >= 0.6 is 11.3 Å². The number of aliphatic hydroxyl groups is 1. The number of rotatable bonds is 5. The predicted octanol–water partition coefficient (Wildman–Crippen LogP) is 5.71. The van der Waals surface area contributed by atoms with Gasteiger partial charge in [0.1, 0.15) is 24.7 Å². The molecule has 0 spiro atoms. The number of hydrogen-bond acceptors (Lipinski definition) is 8. The van der Waals surface area contributed by atoms with Crippen molar-refractivity contribution < 1.29 is 28.9 Å². The number of anilines is 1. The fourth-order valence-electron chi connectivity index (χ4n) is 5.09. The maximum absolute atomic E-state index is 13.6. The molecule has 6 rings (SSSR count). The molecule has 8 nitrogen and oxygen atoms in total. The van der Waals surface area contributed by atoms with E-state index in [0.29, 0.717) is 53.3 Å². The summed E-state index contributed by atoms with van der Waals surface area (Å²) in [5.74, 6) is -0.232. The highest BCUT2D eigenvalue weighted by Crippen LogP contribution is 2.46. The van der Waals surface area contributed by atoms with Crippen molar-refractivity contribution in [2.24, 2.45) is 0 Å².